The van der Waals surface area contributed by atoms with Gasteiger partial charge in [0.1, 0.15) is 11.5 Å². The van der Waals surface area contributed by atoms with E-state index in [2.05, 4.69) is 90.0 Å². The summed E-state index contributed by atoms with van der Waals surface area (Å²) in [6, 6.07) is 12.9. The zero-order chi connectivity index (χ0) is 30.1. The predicted octanol–water partition coefficient (Wildman–Crippen LogP) is 10.0. The lowest BCUT2D eigenvalue weighted by molar-refractivity contribution is 0.300. The molecule has 0 aliphatic rings. The second kappa shape index (κ2) is 15.5. The zero-order valence-electron chi connectivity index (χ0n) is 26.8. The van der Waals surface area contributed by atoms with E-state index in [1.165, 1.54) is 43.2 Å². The molecular weight excluding hydrogens is 540 g/mol. The van der Waals surface area contributed by atoms with E-state index in [-0.39, 0.29) is 5.92 Å². The van der Waals surface area contributed by atoms with Crippen LogP contribution in [-0.2, 0) is 0 Å². The van der Waals surface area contributed by atoms with Crippen LogP contribution in [0.1, 0.15) is 126 Å². The molecule has 0 spiro atoms. The quantitative estimate of drug-likeness (QED) is 0.124. The summed E-state index contributed by atoms with van der Waals surface area (Å²) in [4.78, 5) is 7.34. The Morgan fingerprint density at radius 1 is 0.810 bits per heavy atom. The summed E-state index contributed by atoms with van der Waals surface area (Å²) in [5, 5.41) is 8.49. The van der Waals surface area contributed by atoms with Gasteiger partial charge < -0.3 is 9.47 Å². The molecule has 0 saturated carbocycles. The van der Waals surface area contributed by atoms with Gasteiger partial charge in [-0.15, -0.1) is 5.10 Å². The molecule has 0 aliphatic heterocycles. The van der Waals surface area contributed by atoms with Gasteiger partial charge in [0.2, 0.25) is 0 Å². The molecule has 228 valence electrons. The molecule has 0 fully saturated rings. The molecule has 4 aromatic rings. The predicted molar refractivity (Wildman–Crippen MR) is 175 cm³/mol. The first-order chi connectivity index (χ1) is 20.3. The van der Waals surface area contributed by atoms with Crippen LogP contribution in [0.25, 0.3) is 5.65 Å². The molecular formula is C35H50N4O2S. The Bertz CT molecular complexity index is 1420. The lowest BCUT2D eigenvalue weighted by atomic mass is 9.97. The fourth-order valence-corrected chi connectivity index (χ4v) is 6.41. The van der Waals surface area contributed by atoms with Gasteiger partial charge >= 0.3 is 0 Å². The highest BCUT2D eigenvalue weighted by Gasteiger charge is 2.24. The Kier molecular flexibility index (Phi) is 11.8. The largest absolute Gasteiger partial charge is 0.493 e. The van der Waals surface area contributed by atoms with Crippen molar-refractivity contribution in [3.63, 3.8) is 0 Å². The number of rotatable bonds is 17. The lowest BCUT2D eigenvalue weighted by Crippen LogP contribution is -2.06. The molecule has 2 aromatic carbocycles. The minimum Gasteiger partial charge on any atom is -0.493 e. The van der Waals surface area contributed by atoms with E-state index in [4.69, 9.17) is 19.6 Å². The van der Waals surface area contributed by atoms with Crippen LogP contribution < -0.4 is 9.47 Å². The van der Waals surface area contributed by atoms with Crippen molar-refractivity contribution in [3.05, 3.63) is 64.6 Å². The van der Waals surface area contributed by atoms with E-state index in [1.807, 2.05) is 4.63 Å². The number of ether oxygens (including phenoxy) is 2. The number of nitrogens with zero attached hydrogens (tertiary/aromatic N) is 3. The molecule has 1 N–H and O–H groups in total. The zero-order valence-corrected chi connectivity index (χ0v) is 27.6. The number of aromatic nitrogens is 4. The molecule has 1 atom stereocenters. The number of benzene rings is 2. The van der Waals surface area contributed by atoms with Crippen LogP contribution in [0.15, 0.2) is 46.2 Å². The van der Waals surface area contributed by atoms with Crippen LogP contribution in [-0.4, -0.2) is 33.0 Å². The van der Waals surface area contributed by atoms with Crippen molar-refractivity contribution in [3.8, 4) is 11.5 Å². The molecule has 42 heavy (non-hydrogen) atoms. The molecule has 1 unspecified atom stereocenters. The first-order valence-electron chi connectivity index (χ1n) is 16.0. The van der Waals surface area contributed by atoms with E-state index in [1.54, 1.807) is 11.8 Å². The van der Waals surface area contributed by atoms with Gasteiger partial charge in [-0.3, -0.25) is 5.10 Å². The topological polar surface area (TPSA) is 64.4 Å². The lowest BCUT2D eigenvalue weighted by Gasteiger charge is -2.16. The number of hydrogen-bond donors (Lipinski definition) is 1. The third kappa shape index (κ3) is 8.12. The van der Waals surface area contributed by atoms with Gasteiger partial charge in [0.05, 0.1) is 28.7 Å². The van der Waals surface area contributed by atoms with Crippen molar-refractivity contribution >= 4 is 17.4 Å². The van der Waals surface area contributed by atoms with E-state index in [9.17, 15) is 0 Å². The van der Waals surface area contributed by atoms with Crippen molar-refractivity contribution in [2.24, 2.45) is 0 Å². The average Bonchev–Trinajstić information content (AvgIpc) is 3.53. The summed E-state index contributed by atoms with van der Waals surface area (Å²) in [6.45, 7) is 16.7. The first kappa shape index (κ1) is 32.0. The van der Waals surface area contributed by atoms with E-state index < -0.39 is 0 Å². The van der Waals surface area contributed by atoms with Crippen LogP contribution in [0.4, 0.5) is 0 Å². The highest BCUT2D eigenvalue weighted by molar-refractivity contribution is 7.99. The fraction of sp³-hybridized carbons (Fsp3) is 0.543. The van der Waals surface area contributed by atoms with Crippen LogP contribution in [0, 0.1) is 13.8 Å². The molecule has 0 amide bonds. The summed E-state index contributed by atoms with van der Waals surface area (Å²) in [5.41, 5.74) is 5.55. The van der Waals surface area contributed by atoms with Crippen LogP contribution >= 0.6 is 11.8 Å². The first-order valence-corrected chi connectivity index (χ1v) is 16.8. The summed E-state index contributed by atoms with van der Waals surface area (Å²) < 4.78 is 14.4. The Balaban J connectivity index is 1.59. The molecule has 0 aliphatic carbocycles. The highest BCUT2D eigenvalue weighted by Crippen LogP contribution is 2.42. The number of nitrogens with one attached hydrogen (secondary N) is 1. The highest BCUT2D eigenvalue weighted by atomic mass is 32.2. The SMILES string of the molecule is CCCCCCCCOc1ccc(C)cc1C(C)c1nc2c(Sc3cc(C)ccc3OCCCC)c(C(C)C)[nH]n2n1. The van der Waals surface area contributed by atoms with Gasteiger partial charge in [-0.2, -0.15) is 4.63 Å². The maximum atomic E-state index is 6.33. The average molecular weight is 591 g/mol. The number of H-pyrrole nitrogens is 1. The summed E-state index contributed by atoms with van der Waals surface area (Å²) in [5.74, 6) is 2.94. The summed E-state index contributed by atoms with van der Waals surface area (Å²) in [6.07, 6.45) is 9.65. The van der Waals surface area contributed by atoms with Crippen molar-refractivity contribution < 1.29 is 9.47 Å². The standard InChI is InChI=1S/C35H50N4O2S/c1-8-10-12-13-14-15-21-40-29-18-16-25(5)22-28(29)27(7)34-36-35-33(32(24(3)4)37-39(35)38-34)42-31-23-26(6)17-19-30(31)41-20-11-9-2/h16-19,22-24,27,37H,8-15,20-21H2,1-7H3. The second-order valence-corrected chi connectivity index (χ2v) is 12.9. The Morgan fingerprint density at radius 3 is 2.19 bits per heavy atom. The maximum Gasteiger partial charge on any atom is 0.189 e. The van der Waals surface area contributed by atoms with Gasteiger partial charge in [-0.05, 0) is 56.4 Å². The number of unbranched alkanes of at least 4 members (excludes halogenated alkanes) is 6. The molecule has 2 heterocycles. The number of aromatic amines is 1. The molecule has 0 saturated heterocycles. The third-order valence-electron chi connectivity index (χ3n) is 7.72. The molecule has 0 bridgehead atoms. The molecule has 6 nitrogen and oxygen atoms in total. The third-order valence-corrected chi connectivity index (χ3v) is 8.86. The van der Waals surface area contributed by atoms with Crippen molar-refractivity contribution in [1.29, 1.82) is 0 Å². The molecule has 0 radical (unpaired) electrons. The van der Waals surface area contributed by atoms with Gasteiger partial charge in [-0.1, -0.05) is 109 Å². The Labute approximate surface area is 257 Å². The van der Waals surface area contributed by atoms with Gasteiger partial charge in [0, 0.05) is 11.5 Å². The van der Waals surface area contributed by atoms with E-state index in [0.29, 0.717) is 5.92 Å². The van der Waals surface area contributed by atoms with Crippen LogP contribution in [0.3, 0.4) is 0 Å². The van der Waals surface area contributed by atoms with E-state index >= 15 is 0 Å². The van der Waals surface area contributed by atoms with Gasteiger partial charge in [0.15, 0.2) is 11.5 Å². The van der Waals surface area contributed by atoms with Crippen molar-refractivity contribution in [2.45, 2.75) is 121 Å². The molecule has 7 heteroatoms. The van der Waals surface area contributed by atoms with Gasteiger partial charge in [-0.25, -0.2) is 4.98 Å². The Hall–Kier alpha value is -2.93. The molecule has 4 rings (SSSR count). The summed E-state index contributed by atoms with van der Waals surface area (Å²) >= 11 is 1.72. The smallest absolute Gasteiger partial charge is 0.189 e. The number of hydrogen-bond acceptors (Lipinski definition) is 5. The monoisotopic (exact) mass is 590 g/mol. The maximum absolute atomic E-state index is 6.33. The normalized spacial score (nSPS) is 12.4. The van der Waals surface area contributed by atoms with Crippen LogP contribution in [0.5, 0.6) is 11.5 Å². The minimum atomic E-state index is -0.00925. The van der Waals surface area contributed by atoms with Crippen molar-refractivity contribution in [2.75, 3.05) is 13.2 Å². The van der Waals surface area contributed by atoms with Gasteiger partial charge in [0.25, 0.3) is 0 Å². The fourth-order valence-electron chi connectivity index (χ4n) is 5.11. The number of fused-ring (bicyclic) bond motifs is 1. The minimum absolute atomic E-state index is 0.00925. The number of aryl methyl sites for hydroxylation is 2. The molecule has 2 aromatic heterocycles. The second-order valence-electron chi connectivity index (χ2n) is 11.8. The Morgan fingerprint density at radius 2 is 1.45 bits per heavy atom. The van der Waals surface area contributed by atoms with E-state index in [0.717, 1.165) is 76.5 Å². The van der Waals surface area contributed by atoms with Crippen LogP contribution in [0.2, 0.25) is 0 Å². The van der Waals surface area contributed by atoms with Crippen molar-refractivity contribution in [1.82, 2.24) is 19.8 Å². The summed E-state index contributed by atoms with van der Waals surface area (Å²) in [7, 11) is 0.